The van der Waals surface area contributed by atoms with E-state index in [0.29, 0.717) is 18.7 Å². The summed E-state index contributed by atoms with van der Waals surface area (Å²) in [4.78, 5) is 24.4. The summed E-state index contributed by atoms with van der Waals surface area (Å²) in [6, 6.07) is -1.23. The molecule has 0 radical (unpaired) electrons. The van der Waals surface area contributed by atoms with Gasteiger partial charge in [-0.05, 0) is 45.5 Å². The molecule has 0 aliphatic carbocycles. The Morgan fingerprint density at radius 1 is 1.39 bits per heavy atom. The maximum Gasteiger partial charge on any atom is 0.326 e. The highest BCUT2D eigenvalue weighted by Gasteiger charge is 2.18. The first kappa shape index (κ1) is 17.1. The topological polar surface area (TPSA) is 81.7 Å². The number of carboxylic acids is 1. The van der Waals surface area contributed by atoms with Crippen LogP contribution in [0.3, 0.4) is 0 Å². The molecule has 7 heteroatoms. The van der Waals surface area contributed by atoms with Crippen LogP contribution in [0.1, 0.15) is 12.8 Å². The van der Waals surface area contributed by atoms with Crippen molar-refractivity contribution in [2.75, 3.05) is 39.2 Å². The number of carboxylic acid groups (broad SMARTS) is 1. The van der Waals surface area contributed by atoms with Gasteiger partial charge in [0, 0.05) is 6.54 Å². The highest BCUT2D eigenvalue weighted by Crippen LogP contribution is 2.00. The molecule has 2 amide bonds. The summed E-state index contributed by atoms with van der Waals surface area (Å²) in [7, 11) is 3.92. The van der Waals surface area contributed by atoms with Crippen molar-refractivity contribution >= 4 is 23.8 Å². The lowest BCUT2D eigenvalue weighted by Crippen LogP contribution is -2.46. The molecule has 0 aromatic heterocycles. The van der Waals surface area contributed by atoms with Gasteiger partial charge in [-0.3, -0.25) is 0 Å². The number of hydrogen-bond acceptors (Lipinski definition) is 4. The largest absolute Gasteiger partial charge is 0.480 e. The van der Waals surface area contributed by atoms with Gasteiger partial charge in [-0.2, -0.15) is 11.8 Å². The normalized spacial score (nSPS) is 12.2. The molecule has 0 saturated carbocycles. The van der Waals surface area contributed by atoms with E-state index >= 15 is 0 Å². The van der Waals surface area contributed by atoms with E-state index in [0.717, 1.165) is 13.0 Å². The molecule has 0 saturated heterocycles. The molecule has 0 unspecified atom stereocenters. The number of nitrogens with one attached hydrogen (secondary N) is 2. The van der Waals surface area contributed by atoms with Gasteiger partial charge in [-0.15, -0.1) is 0 Å². The molecule has 0 heterocycles. The summed E-state index contributed by atoms with van der Waals surface area (Å²) in [5, 5.41) is 14.1. The molecule has 6 nitrogen and oxygen atoms in total. The fourth-order valence-electron chi connectivity index (χ4n) is 1.30. The lowest BCUT2D eigenvalue weighted by Gasteiger charge is -2.15. The van der Waals surface area contributed by atoms with Crippen LogP contribution in [0.15, 0.2) is 0 Å². The van der Waals surface area contributed by atoms with Crippen molar-refractivity contribution in [2.45, 2.75) is 18.9 Å². The van der Waals surface area contributed by atoms with Crippen molar-refractivity contribution in [1.82, 2.24) is 15.5 Å². The molecule has 0 aromatic carbocycles. The van der Waals surface area contributed by atoms with Crippen molar-refractivity contribution in [3.8, 4) is 0 Å². The Hall–Kier alpha value is -0.950. The summed E-state index contributed by atoms with van der Waals surface area (Å²) in [5.74, 6) is -0.287. The number of hydrogen-bond donors (Lipinski definition) is 3. The van der Waals surface area contributed by atoms with Crippen LogP contribution in [0.25, 0.3) is 0 Å². The minimum atomic E-state index is -0.993. The zero-order valence-corrected chi connectivity index (χ0v) is 12.0. The average molecular weight is 277 g/mol. The molecule has 0 aromatic rings. The maximum absolute atomic E-state index is 11.5. The number of urea groups is 1. The van der Waals surface area contributed by atoms with E-state index in [9.17, 15) is 9.59 Å². The third kappa shape index (κ3) is 9.12. The predicted octanol–water partition coefficient (Wildman–Crippen LogP) is 0.444. The van der Waals surface area contributed by atoms with Crippen LogP contribution in [0.5, 0.6) is 0 Å². The molecule has 1 atom stereocenters. The van der Waals surface area contributed by atoms with Crippen molar-refractivity contribution in [2.24, 2.45) is 0 Å². The zero-order chi connectivity index (χ0) is 14.0. The minimum absolute atomic E-state index is 0.415. The fourth-order valence-corrected chi connectivity index (χ4v) is 1.77. The van der Waals surface area contributed by atoms with Gasteiger partial charge in [0.2, 0.25) is 0 Å². The molecule has 0 aliphatic rings. The quantitative estimate of drug-likeness (QED) is 0.533. The highest BCUT2D eigenvalue weighted by molar-refractivity contribution is 7.98. The third-order valence-corrected chi connectivity index (χ3v) is 2.93. The van der Waals surface area contributed by atoms with Crippen molar-refractivity contribution in [3.05, 3.63) is 0 Å². The predicted molar refractivity (Wildman–Crippen MR) is 74.1 cm³/mol. The summed E-state index contributed by atoms with van der Waals surface area (Å²) < 4.78 is 0. The molecule has 0 aliphatic heterocycles. The number of amides is 2. The molecular formula is C11H23N3O3S. The Balaban J connectivity index is 3.84. The second-order valence-corrected chi connectivity index (χ2v) is 5.21. The van der Waals surface area contributed by atoms with Crippen LogP contribution in [-0.2, 0) is 4.79 Å². The second-order valence-electron chi connectivity index (χ2n) is 4.23. The van der Waals surface area contributed by atoms with E-state index < -0.39 is 18.0 Å². The van der Waals surface area contributed by atoms with E-state index in [1.54, 1.807) is 11.8 Å². The summed E-state index contributed by atoms with van der Waals surface area (Å²) in [5.41, 5.74) is 0. The number of carbonyl (C=O) groups is 2. The van der Waals surface area contributed by atoms with Gasteiger partial charge >= 0.3 is 12.0 Å². The van der Waals surface area contributed by atoms with Crippen molar-refractivity contribution < 1.29 is 14.7 Å². The lowest BCUT2D eigenvalue weighted by molar-refractivity contribution is -0.139. The highest BCUT2D eigenvalue weighted by atomic mass is 32.2. The second kappa shape index (κ2) is 10.0. The molecule has 0 fully saturated rings. The van der Waals surface area contributed by atoms with Gasteiger partial charge in [0.25, 0.3) is 0 Å². The first-order valence-electron chi connectivity index (χ1n) is 5.88. The first-order chi connectivity index (χ1) is 8.47. The summed E-state index contributed by atoms with van der Waals surface area (Å²) in [6.07, 6.45) is 3.17. The lowest BCUT2D eigenvalue weighted by atomic mass is 10.2. The Morgan fingerprint density at radius 3 is 2.56 bits per heavy atom. The Morgan fingerprint density at radius 2 is 2.06 bits per heavy atom. The fraction of sp³-hybridized carbons (Fsp3) is 0.818. The van der Waals surface area contributed by atoms with Crippen molar-refractivity contribution in [3.63, 3.8) is 0 Å². The molecule has 0 rings (SSSR count). The molecule has 0 spiro atoms. The van der Waals surface area contributed by atoms with Crippen LogP contribution in [0, 0.1) is 0 Å². The molecule has 0 bridgehead atoms. The molecule has 18 heavy (non-hydrogen) atoms. The number of nitrogens with zero attached hydrogens (tertiary/aromatic N) is 1. The maximum atomic E-state index is 11.5. The van der Waals surface area contributed by atoms with Crippen LogP contribution in [0.2, 0.25) is 0 Å². The number of rotatable bonds is 9. The minimum Gasteiger partial charge on any atom is -0.480 e. The monoisotopic (exact) mass is 277 g/mol. The van der Waals surface area contributed by atoms with Crippen LogP contribution < -0.4 is 10.6 Å². The van der Waals surface area contributed by atoms with Crippen LogP contribution in [-0.4, -0.2) is 67.2 Å². The van der Waals surface area contributed by atoms with Gasteiger partial charge in [0.1, 0.15) is 6.04 Å². The van der Waals surface area contributed by atoms with Gasteiger partial charge in [0.05, 0.1) is 0 Å². The Bertz CT molecular complexity index is 262. The SMILES string of the molecule is CSCC[C@H](NC(=O)NCCCN(C)C)C(=O)O. The van der Waals surface area contributed by atoms with E-state index in [2.05, 4.69) is 10.6 Å². The number of aliphatic carboxylic acids is 1. The zero-order valence-electron chi connectivity index (χ0n) is 11.2. The van der Waals surface area contributed by atoms with Gasteiger partial charge < -0.3 is 20.6 Å². The van der Waals surface area contributed by atoms with Crippen molar-refractivity contribution in [1.29, 1.82) is 0 Å². The standard InChI is InChI=1S/C11H23N3O3S/c1-14(2)7-4-6-12-11(17)13-9(10(15)16)5-8-18-3/h9H,4-8H2,1-3H3,(H,15,16)(H2,12,13,17)/t9-/m0/s1. The summed E-state index contributed by atoms with van der Waals surface area (Å²) in [6.45, 7) is 1.42. The number of carbonyl (C=O) groups excluding carboxylic acids is 1. The van der Waals surface area contributed by atoms with Gasteiger partial charge in [-0.25, -0.2) is 9.59 Å². The molecule has 106 valence electrons. The van der Waals surface area contributed by atoms with E-state index in [1.165, 1.54) is 0 Å². The summed E-state index contributed by atoms with van der Waals surface area (Å²) >= 11 is 1.56. The molecule has 3 N–H and O–H groups in total. The number of thioether (sulfide) groups is 1. The van der Waals surface area contributed by atoms with E-state index in [4.69, 9.17) is 5.11 Å². The first-order valence-corrected chi connectivity index (χ1v) is 7.27. The van der Waals surface area contributed by atoms with Gasteiger partial charge in [0.15, 0.2) is 0 Å². The van der Waals surface area contributed by atoms with Crippen LogP contribution in [0.4, 0.5) is 4.79 Å². The smallest absolute Gasteiger partial charge is 0.326 e. The van der Waals surface area contributed by atoms with E-state index in [1.807, 2.05) is 25.3 Å². The molecular weight excluding hydrogens is 254 g/mol. The van der Waals surface area contributed by atoms with Gasteiger partial charge in [-0.1, -0.05) is 0 Å². The third-order valence-electron chi connectivity index (χ3n) is 2.28. The Labute approximate surface area is 112 Å². The van der Waals surface area contributed by atoms with Crippen LogP contribution >= 0.6 is 11.8 Å². The Kier molecular flexibility index (Phi) is 9.49. The van der Waals surface area contributed by atoms with E-state index in [-0.39, 0.29) is 0 Å². The average Bonchev–Trinajstić information content (AvgIpc) is 2.29.